The first-order valence-electron chi connectivity index (χ1n) is 10.1. The molecule has 1 aromatic carbocycles. The van der Waals surface area contributed by atoms with Crippen LogP contribution in [0.3, 0.4) is 0 Å². The Morgan fingerprint density at radius 1 is 1.10 bits per heavy atom. The number of furan rings is 1. The van der Waals surface area contributed by atoms with Gasteiger partial charge < -0.3 is 15.1 Å². The normalized spacial score (nSPS) is 11.4. The van der Waals surface area contributed by atoms with E-state index in [0.29, 0.717) is 13.1 Å². The van der Waals surface area contributed by atoms with E-state index in [9.17, 15) is 0 Å². The molecule has 4 rings (SSSR count). The van der Waals surface area contributed by atoms with Gasteiger partial charge in [0.05, 0.1) is 13.1 Å². The van der Waals surface area contributed by atoms with Crippen LogP contribution in [0, 0.1) is 13.8 Å². The van der Waals surface area contributed by atoms with E-state index < -0.39 is 0 Å². The summed E-state index contributed by atoms with van der Waals surface area (Å²) in [6.07, 6.45) is 5.53. The number of pyridine rings is 1. The SMILES string of the molecule is CCNC(=NCc1ccc(-n2ccnc2C)nc1)NCc1oc2ccccc2c1C.I. The number of fused-ring (bicyclic) bond motifs is 1. The van der Waals surface area contributed by atoms with Crippen molar-refractivity contribution in [2.24, 2.45) is 4.99 Å². The van der Waals surface area contributed by atoms with Gasteiger partial charge in [-0.25, -0.2) is 15.0 Å². The maximum atomic E-state index is 5.99. The number of nitrogens with one attached hydrogen (secondary N) is 2. The Morgan fingerprint density at radius 2 is 1.94 bits per heavy atom. The largest absolute Gasteiger partial charge is 0.459 e. The molecule has 0 amide bonds. The Labute approximate surface area is 199 Å². The highest BCUT2D eigenvalue weighted by atomic mass is 127. The van der Waals surface area contributed by atoms with Crippen LogP contribution in [0.25, 0.3) is 16.8 Å². The van der Waals surface area contributed by atoms with Crippen molar-refractivity contribution in [3.05, 3.63) is 77.7 Å². The van der Waals surface area contributed by atoms with Crippen molar-refractivity contribution in [2.75, 3.05) is 6.54 Å². The molecule has 8 heteroatoms. The molecule has 3 heterocycles. The first-order valence-corrected chi connectivity index (χ1v) is 10.1. The molecule has 0 saturated heterocycles. The van der Waals surface area contributed by atoms with Crippen molar-refractivity contribution >= 4 is 40.9 Å². The Morgan fingerprint density at radius 3 is 2.61 bits per heavy atom. The van der Waals surface area contributed by atoms with Gasteiger partial charge in [-0.2, -0.15) is 0 Å². The van der Waals surface area contributed by atoms with Crippen LogP contribution in [0.2, 0.25) is 0 Å². The van der Waals surface area contributed by atoms with Gasteiger partial charge in [-0.3, -0.25) is 4.57 Å². The van der Waals surface area contributed by atoms with Crippen LogP contribution in [0.4, 0.5) is 0 Å². The lowest BCUT2D eigenvalue weighted by Crippen LogP contribution is -2.36. The smallest absolute Gasteiger partial charge is 0.191 e. The molecule has 0 spiro atoms. The Balaban J connectivity index is 0.00000272. The van der Waals surface area contributed by atoms with Crippen molar-refractivity contribution in [1.82, 2.24) is 25.2 Å². The van der Waals surface area contributed by atoms with Gasteiger partial charge in [0.2, 0.25) is 0 Å². The summed E-state index contributed by atoms with van der Waals surface area (Å²) in [7, 11) is 0. The zero-order valence-corrected chi connectivity index (χ0v) is 20.3. The third kappa shape index (κ3) is 5.25. The quantitative estimate of drug-likeness (QED) is 0.218. The number of nitrogens with zero attached hydrogens (tertiary/aromatic N) is 4. The monoisotopic (exact) mass is 530 g/mol. The second-order valence-corrected chi connectivity index (χ2v) is 7.06. The molecule has 31 heavy (non-hydrogen) atoms. The second-order valence-electron chi connectivity index (χ2n) is 7.06. The summed E-state index contributed by atoms with van der Waals surface area (Å²) >= 11 is 0. The summed E-state index contributed by atoms with van der Waals surface area (Å²) in [4.78, 5) is 13.5. The summed E-state index contributed by atoms with van der Waals surface area (Å²) in [5, 5.41) is 7.79. The van der Waals surface area contributed by atoms with Crippen LogP contribution in [0.1, 0.15) is 29.6 Å². The molecule has 7 nitrogen and oxygen atoms in total. The lowest BCUT2D eigenvalue weighted by Gasteiger charge is -2.11. The van der Waals surface area contributed by atoms with Gasteiger partial charge in [-0.05, 0) is 38.5 Å². The highest BCUT2D eigenvalue weighted by molar-refractivity contribution is 14.0. The number of aryl methyl sites for hydroxylation is 2. The molecule has 0 aliphatic heterocycles. The number of guanidine groups is 1. The number of benzene rings is 1. The van der Waals surface area contributed by atoms with E-state index in [1.54, 1.807) is 6.20 Å². The second kappa shape index (κ2) is 10.4. The molecule has 4 aromatic rings. The number of hydrogen-bond acceptors (Lipinski definition) is 4. The molecular weight excluding hydrogens is 503 g/mol. The van der Waals surface area contributed by atoms with E-state index in [0.717, 1.165) is 52.0 Å². The summed E-state index contributed by atoms with van der Waals surface area (Å²) in [6, 6.07) is 12.1. The third-order valence-corrected chi connectivity index (χ3v) is 5.00. The summed E-state index contributed by atoms with van der Waals surface area (Å²) in [5.74, 6) is 3.42. The molecule has 0 fully saturated rings. The number of para-hydroxylation sites is 1. The fourth-order valence-corrected chi connectivity index (χ4v) is 3.34. The number of imidazole rings is 1. The molecule has 0 aliphatic carbocycles. The van der Waals surface area contributed by atoms with E-state index in [-0.39, 0.29) is 24.0 Å². The van der Waals surface area contributed by atoms with Gasteiger partial charge >= 0.3 is 0 Å². The lowest BCUT2D eigenvalue weighted by molar-refractivity contribution is 0.534. The van der Waals surface area contributed by atoms with Gasteiger partial charge in [0.1, 0.15) is 23.0 Å². The molecule has 0 bridgehead atoms. The Kier molecular flexibility index (Phi) is 7.67. The predicted octanol–water partition coefficient (Wildman–Crippen LogP) is 4.50. The fraction of sp³-hybridized carbons (Fsp3) is 0.261. The van der Waals surface area contributed by atoms with Crippen LogP contribution in [0.5, 0.6) is 0 Å². The zero-order chi connectivity index (χ0) is 20.9. The predicted molar refractivity (Wildman–Crippen MR) is 134 cm³/mol. The van der Waals surface area contributed by atoms with Crippen LogP contribution < -0.4 is 10.6 Å². The minimum atomic E-state index is 0. The summed E-state index contributed by atoms with van der Waals surface area (Å²) in [5.41, 5.74) is 3.10. The first-order chi connectivity index (χ1) is 14.7. The van der Waals surface area contributed by atoms with Gasteiger partial charge in [-0.1, -0.05) is 24.3 Å². The van der Waals surface area contributed by atoms with Crippen molar-refractivity contribution in [1.29, 1.82) is 0 Å². The van der Waals surface area contributed by atoms with Gasteiger partial charge in [0, 0.05) is 36.1 Å². The van der Waals surface area contributed by atoms with Crippen molar-refractivity contribution in [3.8, 4) is 5.82 Å². The average Bonchev–Trinajstić information content (AvgIpc) is 3.34. The van der Waals surface area contributed by atoms with E-state index >= 15 is 0 Å². The van der Waals surface area contributed by atoms with Crippen LogP contribution in [0.15, 0.2) is 64.4 Å². The summed E-state index contributed by atoms with van der Waals surface area (Å²) < 4.78 is 7.94. The molecule has 0 radical (unpaired) electrons. The summed E-state index contributed by atoms with van der Waals surface area (Å²) in [6.45, 7) is 7.98. The lowest BCUT2D eigenvalue weighted by atomic mass is 10.1. The van der Waals surface area contributed by atoms with Crippen molar-refractivity contribution < 1.29 is 4.42 Å². The van der Waals surface area contributed by atoms with Crippen molar-refractivity contribution in [2.45, 2.75) is 33.9 Å². The molecule has 0 atom stereocenters. The van der Waals surface area contributed by atoms with Crippen LogP contribution in [-0.2, 0) is 13.1 Å². The van der Waals surface area contributed by atoms with E-state index in [2.05, 4.69) is 38.6 Å². The highest BCUT2D eigenvalue weighted by Crippen LogP contribution is 2.24. The minimum Gasteiger partial charge on any atom is -0.459 e. The number of hydrogen-bond donors (Lipinski definition) is 2. The van der Waals surface area contributed by atoms with Gasteiger partial charge in [0.25, 0.3) is 0 Å². The maximum Gasteiger partial charge on any atom is 0.191 e. The molecule has 2 N–H and O–H groups in total. The van der Waals surface area contributed by atoms with Crippen LogP contribution in [-0.4, -0.2) is 27.0 Å². The molecular formula is C23H27IN6O. The average molecular weight is 530 g/mol. The van der Waals surface area contributed by atoms with Crippen molar-refractivity contribution in [3.63, 3.8) is 0 Å². The van der Waals surface area contributed by atoms with Crippen LogP contribution >= 0.6 is 24.0 Å². The Bertz CT molecular complexity index is 1160. The minimum absolute atomic E-state index is 0. The van der Waals surface area contributed by atoms with E-state index in [4.69, 9.17) is 4.42 Å². The Hall–Kier alpha value is -2.88. The third-order valence-electron chi connectivity index (χ3n) is 5.00. The molecule has 3 aromatic heterocycles. The molecule has 0 saturated carbocycles. The topological polar surface area (TPSA) is 80.3 Å². The number of aromatic nitrogens is 3. The van der Waals surface area contributed by atoms with E-state index in [1.807, 2.05) is 61.1 Å². The number of aliphatic imine (C=N–C) groups is 1. The maximum absolute atomic E-state index is 5.99. The molecule has 0 unspecified atom stereocenters. The highest BCUT2D eigenvalue weighted by Gasteiger charge is 2.10. The molecule has 162 valence electrons. The number of rotatable bonds is 6. The number of halogens is 1. The first kappa shape index (κ1) is 22.8. The van der Waals surface area contributed by atoms with E-state index in [1.165, 1.54) is 0 Å². The fourth-order valence-electron chi connectivity index (χ4n) is 3.34. The molecule has 0 aliphatic rings. The van der Waals surface area contributed by atoms with Gasteiger partial charge in [-0.15, -0.1) is 24.0 Å². The van der Waals surface area contributed by atoms with Gasteiger partial charge in [0.15, 0.2) is 5.96 Å². The standard InChI is InChI=1S/C23H26N6O.HI/c1-4-24-23(28-15-21-16(2)19-7-5-6-8-20(19)30-21)27-14-18-9-10-22(26-13-18)29-12-11-25-17(29)3;/h5-13H,4,14-15H2,1-3H3,(H2,24,27,28);1H. The zero-order valence-electron chi connectivity index (χ0n) is 17.9.